The normalized spacial score (nSPS) is 12.8. The molecule has 10 heteroatoms. The van der Waals surface area contributed by atoms with E-state index >= 15 is 0 Å². The van der Waals surface area contributed by atoms with Crippen LogP contribution >= 0.6 is 24.0 Å². The molecule has 22 heavy (non-hydrogen) atoms. The Hall–Kier alpha value is -1.07. The smallest absolute Gasteiger partial charge is 0.356 e. The van der Waals surface area contributed by atoms with Crippen molar-refractivity contribution in [1.82, 2.24) is 20.8 Å². The van der Waals surface area contributed by atoms with Gasteiger partial charge in [-0.15, -0.1) is 24.0 Å². The van der Waals surface area contributed by atoms with E-state index in [4.69, 9.17) is 4.52 Å². The van der Waals surface area contributed by atoms with E-state index < -0.39 is 12.6 Å². The van der Waals surface area contributed by atoms with Crippen molar-refractivity contribution in [2.24, 2.45) is 4.99 Å². The molecule has 0 aliphatic heterocycles. The van der Waals surface area contributed by atoms with E-state index in [-0.39, 0.29) is 48.4 Å². The lowest BCUT2D eigenvalue weighted by molar-refractivity contribution is -0.132. The number of aliphatic imine (C=N–C) groups is 1. The van der Waals surface area contributed by atoms with Crippen LogP contribution in [0, 0.1) is 0 Å². The summed E-state index contributed by atoms with van der Waals surface area (Å²) in [5, 5.41) is 9.19. The van der Waals surface area contributed by atoms with E-state index in [9.17, 15) is 13.2 Å². The van der Waals surface area contributed by atoms with Crippen molar-refractivity contribution in [3.63, 3.8) is 0 Å². The highest BCUT2D eigenvalue weighted by Gasteiger charge is 2.26. The summed E-state index contributed by atoms with van der Waals surface area (Å²) in [5.74, 6) is 1.17. The fourth-order valence-electron chi connectivity index (χ4n) is 1.34. The topological polar surface area (TPSA) is 75.3 Å². The van der Waals surface area contributed by atoms with Gasteiger partial charge < -0.3 is 15.2 Å². The van der Waals surface area contributed by atoms with Crippen molar-refractivity contribution in [3.05, 3.63) is 11.7 Å². The predicted octanol–water partition coefficient (Wildman–Crippen LogP) is 2.60. The number of hydrogen-bond donors (Lipinski definition) is 2. The van der Waals surface area contributed by atoms with E-state index in [1.807, 2.05) is 20.8 Å². The fraction of sp³-hybridized carbons (Fsp3) is 0.750. The lowest BCUT2D eigenvalue weighted by Crippen LogP contribution is -2.38. The number of nitrogens with one attached hydrogen (secondary N) is 2. The molecule has 1 rings (SSSR count). The van der Waals surface area contributed by atoms with Crippen LogP contribution in [0.5, 0.6) is 0 Å². The molecule has 0 amide bonds. The van der Waals surface area contributed by atoms with Crippen LogP contribution in [0.3, 0.4) is 0 Å². The largest absolute Gasteiger partial charge is 0.390 e. The van der Waals surface area contributed by atoms with Gasteiger partial charge in [-0.05, 0) is 0 Å². The Bertz CT molecular complexity index is 482. The van der Waals surface area contributed by atoms with Gasteiger partial charge in [-0.1, -0.05) is 25.9 Å². The minimum absolute atomic E-state index is 0. The maximum Gasteiger partial charge on any atom is 0.390 e. The van der Waals surface area contributed by atoms with Gasteiger partial charge in [-0.25, -0.2) is 0 Å². The first-order valence-electron chi connectivity index (χ1n) is 6.46. The molecule has 0 bridgehead atoms. The average molecular weight is 435 g/mol. The molecule has 0 unspecified atom stereocenters. The zero-order chi connectivity index (χ0) is 16.1. The quantitative estimate of drug-likeness (QED) is 0.432. The second kappa shape index (κ2) is 8.53. The Kier molecular flexibility index (Phi) is 8.12. The third-order valence-electron chi connectivity index (χ3n) is 2.45. The Labute approximate surface area is 144 Å². The lowest BCUT2D eigenvalue weighted by atomic mass is 9.97. The summed E-state index contributed by atoms with van der Waals surface area (Å²) in [6.45, 7) is 5.79. The summed E-state index contributed by atoms with van der Waals surface area (Å²) in [4.78, 5) is 8.02. The van der Waals surface area contributed by atoms with Crippen LogP contribution in [0.4, 0.5) is 13.2 Å². The van der Waals surface area contributed by atoms with Crippen LogP contribution in [0.15, 0.2) is 9.52 Å². The number of hydrogen-bond acceptors (Lipinski definition) is 4. The van der Waals surface area contributed by atoms with Gasteiger partial charge in [0.1, 0.15) is 0 Å². The predicted molar refractivity (Wildman–Crippen MR) is 87.3 cm³/mol. The molecule has 1 aromatic heterocycles. The van der Waals surface area contributed by atoms with Crippen LogP contribution < -0.4 is 10.6 Å². The van der Waals surface area contributed by atoms with Gasteiger partial charge in [0.05, 0.1) is 13.0 Å². The molecule has 1 aromatic rings. The maximum absolute atomic E-state index is 12.0. The Morgan fingerprint density at radius 3 is 2.32 bits per heavy atom. The standard InChI is InChI=1S/C12H20F3N5O.HI/c1-11(2,3)9-19-8(20-21-9)7-18-10(16-4)17-6-5-12(13,14)15;/h5-7H2,1-4H3,(H2,16,17,18);1H. The van der Waals surface area contributed by atoms with Gasteiger partial charge in [0.25, 0.3) is 0 Å². The average Bonchev–Trinajstić information content (AvgIpc) is 2.80. The van der Waals surface area contributed by atoms with E-state index in [0.717, 1.165) is 0 Å². The molecule has 0 radical (unpaired) electrons. The van der Waals surface area contributed by atoms with Crippen molar-refractivity contribution in [2.75, 3.05) is 13.6 Å². The fourth-order valence-corrected chi connectivity index (χ4v) is 1.34. The number of halogens is 4. The Morgan fingerprint density at radius 1 is 1.23 bits per heavy atom. The first kappa shape index (κ1) is 20.9. The van der Waals surface area contributed by atoms with Crippen LogP contribution in [0.1, 0.15) is 38.9 Å². The van der Waals surface area contributed by atoms with Gasteiger partial charge in [-0.3, -0.25) is 4.99 Å². The van der Waals surface area contributed by atoms with Crippen molar-refractivity contribution in [2.45, 2.75) is 45.3 Å². The molecule has 0 spiro atoms. The molecule has 128 valence electrons. The van der Waals surface area contributed by atoms with E-state index in [0.29, 0.717) is 11.7 Å². The summed E-state index contributed by atoms with van der Waals surface area (Å²) in [5.41, 5.74) is -0.252. The molecule has 0 atom stereocenters. The summed E-state index contributed by atoms with van der Waals surface area (Å²) in [7, 11) is 1.47. The SMILES string of the molecule is CN=C(NCCC(F)(F)F)NCc1noc(C(C)(C)C)n1.I. The van der Waals surface area contributed by atoms with Crippen molar-refractivity contribution in [1.29, 1.82) is 0 Å². The third kappa shape index (κ3) is 7.80. The van der Waals surface area contributed by atoms with Crippen LogP contribution in [-0.2, 0) is 12.0 Å². The summed E-state index contributed by atoms with van der Waals surface area (Å²) in [6, 6.07) is 0. The van der Waals surface area contributed by atoms with Crippen molar-refractivity contribution in [3.8, 4) is 0 Å². The number of nitrogens with zero attached hydrogens (tertiary/aromatic N) is 3. The van der Waals surface area contributed by atoms with Crippen LogP contribution in [0.2, 0.25) is 0 Å². The molecular formula is C12H21F3IN5O. The van der Waals surface area contributed by atoms with Gasteiger partial charge in [0, 0.05) is 19.0 Å². The summed E-state index contributed by atoms with van der Waals surface area (Å²) in [6.07, 6.45) is -5.12. The zero-order valence-corrected chi connectivity index (χ0v) is 15.2. The molecule has 0 fully saturated rings. The van der Waals surface area contributed by atoms with E-state index in [1.54, 1.807) is 0 Å². The number of rotatable bonds is 4. The Morgan fingerprint density at radius 2 is 1.86 bits per heavy atom. The minimum Gasteiger partial charge on any atom is -0.356 e. The maximum atomic E-state index is 12.0. The highest BCUT2D eigenvalue weighted by molar-refractivity contribution is 14.0. The van der Waals surface area contributed by atoms with Gasteiger partial charge in [-0.2, -0.15) is 18.2 Å². The highest BCUT2D eigenvalue weighted by Crippen LogP contribution is 2.19. The van der Waals surface area contributed by atoms with Gasteiger partial charge >= 0.3 is 6.18 Å². The van der Waals surface area contributed by atoms with Crippen molar-refractivity contribution < 1.29 is 17.7 Å². The molecule has 6 nitrogen and oxygen atoms in total. The second-order valence-electron chi connectivity index (χ2n) is 5.48. The summed E-state index contributed by atoms with van der Waals surface area (Å²) >= 11 is 0. The molecular weight excluding hydrogens is 414 g/mol. The van der Waals surface area contributed by atoms with Crippen LogP contribution in [-0.4, -0.2) is 35.9 Å². The number of guanidine groups is 1. The molecule has 2 N–H and O–H groups in total. The molecule has 1 heterocycles. The van der Waals surface area contributed by atoms with Crippen LogP contribution in [0.25, 0.3) is 0 Å². The first-order valence-corrected chi connectivity index (χ1v) is 6.46. The van der Waals surface area contributed by atoms with E-state index in [2.05, 4.69) is 25.8 Å². The monoisotopic (exact) mass is 435 g/mol. The first-order chi connectivity index (χ1) is 9.62. The zero-order valence-electron chi connectivity index (χ0n) is 12.9. The lowest BCUT2D eigenvalue weighted by Gasteiger charge is -2.12. The third-order valence-corrected chi connectivity index (χ3v) is 2.45. The highest BCUT2D eigenvalue weighted by atomic mass is 127. The Balaban J connectivity index is 0.00000441. The van der Waals surface area contributed by atoms with Gasteiger partial charge in [0.2, 0.25) is 5.89 Å². The minimum atomic E-state index is -4.19. The van der Waals surface area contributed by atoms with Crippen molar-refractivity contribution >= 4 is 29.9 Å². The molecule has 0 saturated heterocycles. The summed E-state index contributed by atoms with van der Waals surface area (Å²) < 4.78 is 41.2. The molecule has 0 aliphatic carbocycles. The second-order valence-corrected chi connectivity index (χ2v) is 5.48. The number of aromatic nitrogens is 2. The van der Waals surface area contributed by atoms with E-state index in [1.165, 1.54) is 7.05 Å². The number of alkyl halides is 3. The molecule has 0 aromatic carbocycles. The molecule has 0 aliphatic rings. The molecule has 0 saturated carbocycles. The van der Waals surface area contributed by atoms with Gasteiger partial charge in [0.15, 0.2) is 11.8 Å².